The number of benzene rings is 2. The van der Waals surface area contributed by atoms with Crippen LogP contribution in [0.2, 0.25) is 5.02 Å². The van der Waals surface area contributed by atoms with Gasteiger partial charge in [-0.3, -0.25) is 5.10 Å². The van der Waals surface area contributed by atoms with Gasteiger partial charge in [-0.15, -0.1) is 0 Å². The Kier molecular flexibility index (Phi) is 4.55. The van der Waals surface area contributed by atoms with Crippen LogP contribution in [0.25, 0.3) is 0 Å². The van der Waals surface area contributed by atoms with Gasteiger partial charge in [0.1, 0.15) is 18.2 Å². The highest BCUT2D eigenvalue weighted by Crippen LogP contribution is 2.18. The summed E-state index contributed by atoms with van der Waals surface area (Å²) in [4.78, 5) is 4.31. The molecule has 0 unspecified atom stereocenters. The van der Waals surface area contributed by atoms with Crippen LogP contribution in [0.1, 0.15) is 23.3 Å². The Morgan fingerprint density at radius 2 is 1.83 bits per heavy atom. The van der Waals surface area contributed by atoms with Gasteiger partial charge >= 0.3 is 0 Å². The maximum atomic E-state index is 12.9. The number of halogens is 2. The predicted octanol–water partition coefficient (Wildman–Crippen LogP) is 3.22. The second-order valence-electron chi connectivity index (χ2n) is 4.91. The van der Waals surface area contributed by atoms with Gasteiger partial charge in [0.25, 0.3) is 0 Å². The molecule has 0 amide bonds. The molecule has 3 aromatic rings. The van der Waals surface area contributed by atoms with Crippen LogP contribution >= 0.6 is 11.6 Å². The van der Waals surface area contributed by atoms with E-state index in [-0.39, 0.29) is 12.4 Å². The van der Waals surface area contributed by atoms with Crippen molar-refractivity contribution in [2.45, 2.75) is 12.6 Å². The molecule has 7 heteroatoms. The van der Waals surface area contributed by atoms with Gasteiger partial charge in [-0.2, -0.15) is 5.10 Å². The van der Waals surface area contributed by atoms with Crippen LogP contribution in [0.4, 0.5) is 4.39 Å². The van der Waals surface area contributed by atoms with Gasteiger partial charge in [0.15, 0.2) is 11.6 Å². The first-order chi connectivity index (χ1) is 11.1. The molecule has 2 aromatic carbocycles. The summed E-state index contributed by atoms with van der Waals surface area (Å²) in [5.74, 6) is 1.34. The lowest BCUT2D eigenvalue weighted by Gasteiger charge is -2.07. The van der Waals surface area contributed by atoms with Gasteiger partial charge in [0.05, 0.1) is 6.04 Å². The van der Waals surface area contributed by atoms with Crippen molar-refractivity contribution >= 4 is 11.6 Å². The van der Waals surface area contributed by atoms with Crippen molar-refractivity contribution in [2.24, 2.45) is 5.73 Å². The van der Waals surface area contributed by atoms with Gasteiger partial charge in [-0.25, -0.2) is 9.37 Å². The number of nitrogens with zero attached hydrogens (tertiary/aromatic N) is 2. The molecule has 3 N–H and O–H groups in total. The fourth-order valence-electron chi connectivity index (χ4n) is 2.02. The van der Waals surface area contributed by atoms with E-state index >= 15 is 0 Å². The minimum Gasteiger partial charge on any atom is -0.486 e. The first-order valence-electron chi connectivity index (χ1n) is 6.92. The summed E-state index contributed by atoms with van der Waals surface area (Å²) in [6.07, 6.45) is 0. The van der Waals surface area contributed by atoms with Gasteiger partial charge < -0.3 is 10.5 Å². The number of aromatic nitrogens is 3. The number of aromatic amines is 1. The maximum absolute atomic E-state index is 12.9. The third-order valence-corrected chi connectivity index (χ3v) is 3.50. The lowest BCUT2D eigenvalue weighted by atomic mass is 10.1. The maximum Gasteiger partial charge on any atom is 0.172 e. The number of hydrogen-bond acceptors (Lipinski definition) is 4. The van der Waals surface area contributed by atoms with Crippen molar-refractivity contribution in [1.82, 2.24) is 15.2 Å². The van der Waals surface area contributed by atoms with Gasteiger partial charge in [0.2, 0.25) is 0 Å². The summed E-state index contributed by atoms with van der Waals surface area (Å²) < 4.78 is 18.5. The van der Waals surface area contributed by atoms with E-state index in [9.17, 15) is 4.39 Å². The second kappa shape index (κ2) is 6.76. The minimum atomic E-state index is -0.531. The van der Waals surface area contributed by atoms with E-state index in [0.29, 0.717) is 22.4 Å². The molecular formula is C16H14ClFN4O. The summed E-state index contributed by atoms with van der Waals surface area (Å²) in [5.41, 5.74) is 6.81. The zero-order valence-corrected chi connectivity index (χ0v) is 12.8. The van der Waals surface area contributed by atoms with E-state index in [0.717, 1.165) is 5.56 Å². The first-order valence-corrected chi connectivity index (χ1v) is 7.30. The Balaban J connectivity index is 1.65. The Morgan fingerprint density at radius 1 is 1.13 bits per heavy atom. The normalized spacial score (nSPS) is 12.1. The summed E-state index contributed by atoms with van der Waals surface area (Å²) >= 11 is 5.81. The highest BCUT2D eigenvalue weighted by molar-refractivity contribution is 6.30. The highest BCUT2D eigenvalue weighted by atomic mass is 35.5. The Hall–Kier alpha value is -2.44. The number of nitrogens with one attached hydrogen (secondary N) is 1. The van der Waals surface area contributed by atoms with E-state index in [1.165, 1.54) is 12.1 Å². The summed E-state index contributed by atoms with van der Waals surface area (Å²) in [6.45, 7) is 0.227. The van der Waals surface area contributed by atoms with Gasteiger partial charge in [-0.05, 0) is 42.0 Å². The minimum absolute atomic E-state index is 0.227. The number of nitrogens with two attached hydrogens (primary N) is 1. The van der Waals surface area contributed by atoms with E-state index in [1.54, 1.807) is 36.4 Å². The summed E-state index contributed by atoms with van der Waals surface area (Å²) in [6, 6.07) is 12.4. The van der Waals surface area contributed by atoms with Crippen molar-refractivity contribution in [2.75, 3.05) is 0 Å². The van der Waals surface area contributed by atoms with E-state index in [2.05, 4.69) is 15.2 Å². The third kappa shape index (κ3) is 3.85. The van der Waals surface area contributed by atoms with Crippen LogP contribution in [-0.4, -0.2) is 15.2 Å². The van der Waals surface area contributed by atoms with Crippen LogP contribution in [0.5, 0.6) is 5.75 Å². The van der Waals surface area contributed by atoms with Gasteiger partial charge in [0, 0.05) is 5.02 Å². The summed E-state index contributed by atoms with van der Waals surface area (Å²) in [7, 11) is 0. The van der Waals surface area contributed by atoms with Crippen LogP contribution in [0.15, 0.2) is 48.5 Å². The van der Waals surface area contributed by atoms with E-state index in [4.69, 9.17) is 22.1 Å². The molecule has 1 heterocycles. The van der Waals surface area contributed by atoms with Crippen LogP contribution in [0, 0.1) is 5.82 Å². The standard InChI is InChI=1S/C16H14ClFN4O/c17-11-3-7-13(8-4-11)23-9-14-20-16(22-21-14)15(19)10-1-5-12(18)6-2-10/h1-8,15H,9,19H2,(H,20,21,22)/t15-/m0/s1. The van der Waals surface area contributed by atoms with Crippen molar-refractivity contribution in [3.8, 4) is 5.75 Å². The van der Waals surface area contributed by atoms with E-state index in [1.807, 2.05) is 0 Å². The topological polar surface area (TPSA) is 76.8 Å². The number of ether oxygens (including phenoxy) is 1. The molecule has 5 nitrogen and oxygen atoms in total. The predicted molar refractivity (Wildman–Crippen MR) is 84.6 cm³/mol. The lowest BCUT2D eigenvalue weighted by molar-refractivity contribution is 0.296. The molecule has 0 spiro atoms. The molecule has 0 aliphatic carbocycles. The average molecular weight is 333 g/mol. The fraction of sp³-hybridized carbons (Fsp3) is 0.125. The molecular weight excluding hydrogens is 319 g/mol. The molecule has 0 aliphatic heterocycles. The second-order valence-corrected chi connectivity index (χ2v) is 5.35. The molecule has 0 radical (unpaired) electrons. The Morgan fingerprint density at radius 3 is 2.52 bits per heavy atom. The molecule has 0 fully saturated rings. The number of hydrogen-bond donors (Lipinski definition) is 2. The third-order valence-electron chi connectivity index (χ3n) is 3.25. The van der Waals surface area contributed by atoms with Crippen LogP contribution in [0.3, 0.4) is 0 Å². The van der Waals surface area contributed by atoms with Crippen molar-refractivity contribution in [1.29, 1.82) is 0 Å². The molecule has 1 atom stereocenters. The Labute approximate surface area is 137 Å². The lowest BCUT2D eigenvalue weighted by Crippen LogP contribution is -2.13. The number of H-pyrrole nitrogens is 1. The first kappa shape index (κ1) is 15.5. The largest absolute Gasteiger partial charge is 0.486 e. The van der Waals surface area contributed by atoms with Crippen LogP contribution < -0.4 is 10.5 Å². The molecule has 3 rings (SSSR count). The zero-order valence-electron chi connectivity index (χ0n) is 12.0. The van der Waals surface area contributed by atoms with E-state index < -0.39 is 6.04 Å². The smallest absolute Gasteiger partial charge is 0.172 e. The Bertz CT molecular complexity index is 774. The van der Waals surface area contributed by atoms with Crippen LogP contribution in [-0.2, 0) is 6.61 Å². The molecule has 23 heavy (non-hydrogen) atoms. The summed E-state index contributed by atoms with van der Waals surface area (Å²) in [5, 5.41) is 7.51. The number of rotatable bonds is 5. The van der Waals surface area contributed by atoms with Gasteiger partial charge in [-0.1, -0.05) is 23.7 Å². The highest BCUT2D eigenvalue weighted by Gasteiger charge is 2.14. The molecule has 0 bridgehead atoms. The monoisotopic (exact) mass is 332 g/mol. The molecule has 0 aliphatic rings. The molecule has 1 aromatic heterocycles. The fourth-order valence-corrected chi connectivity index (χ4v) is 2.14. The average Bonchev–Trinajstić information content (AvgIpc) is 3.03. The van der Waals surface area contributed by atoms with Crippen molar-refractivity contribution in [3.05, 3.63) is 76.6 Å². The van der Waals surface area contributed by atoms with Crippen molar-refractivity contribution in [3.63, 3.8) is 0 Å². The zero-order chi connectivity index (χ0) is 16.2. The van der Waals surface area contributed by atoms with Crippen molar-refractivity contribution < 1.29 is 9.13 Å². The SMILES string of the molecule is N[C@@H](c1ccc(F)cc1)c1n[nH]c(COc2ccc(Cl)cc2)n1. The molecule has 118 valence electrons. The molecule has 0 saturated heterocycles. The quantitative estimate of drug-likeness (QED) is 0.752. The molecule has 0 saturated carbocycles.